The van der Waals surface area contributed by atoms with Gasteiger partial charge in [0.15, 0.2) is 5.82 Å². The van der Waals surface area contributed by atoms with Crippen LogP contribution in [0.3, 0.4) is 0 Å². The number of hydrogen-bond donors (Lipinski definition) is 1. The quantitative estimate of drug-likeness (QED) is 0.853. The van der Waals surface area contributed by atoms with Gasteiger partial charge in [-0.2, -0.15) is 4.98 Å². The molecule has 2 aromatic rings. The number of rotatable bonds is 7. The first kappa shape index (κ1) is 14.5. The third-order valence-electron chi connectivity index (χ3n) is 3.87. The summed E-state index contributed by atoms with van der Waals surface area (Å²) in [5.74, 6) is 2.18. The van der Waals surface area contributed by atoms with Gasteiger partial charge in [0, 0.05) is 23.9 Å². The Bertz CT molecular complexity index is 595. The lowest BCUT2D eigenvalue weighted by atomic mass is 10.1. The van der Waals surface area contributed by atoms with Crippen LogP contribution in [-0.4, -0.2) is 22.7 Å². The third-order valence-corrected chi connectivity index (χ3v) is 4.24. The predicted octanol–water partition coefficient (Wildman–Crippen LogP) is 3.24. The van der Waals surface area contributed by atoms with Crippen molar-refractivity contribution in [2.24, 2.45) is 5.92 Å². The van der Waals surface area contributed by atoms with Gasteiger partial charge < -0.3 is 9.84 Å². The van der Waals surface area contributed by atoms with Gasteiger partial charge >= 0.3 is 0 Å². The Morgan fingerprint density at radius 2 is 2.19 bits per heavy atom. The lowest BCUT2D eigenvalue weighted by molar-refractivity contribution is 0.345. The standard InChI is InChI=1S/C16H20ClN3O/c1-2-18-14(11-7-8-11)10-16-19-15(20-21-16)9-12-5-3-4-6-13(12)17/h3-6,11,14,18H,2,7-10H2,1H3. The molecule has 4 nitrogen and oxygen atoms in total. The molecular formula is C16H20ClN3O. The minimum atomic E-state index is 0.462. The number of aromatic nitrogens is 2. The van der Waals surface area contributed by atoms with E-state index in [2.05, 4.69) is 22.4 Å². The summed E-state index contributed by atoms with van der Waals surface area (Å²) in [6.45, 7) is 3.10. The van der Waals surface area contributed by atoms with E-state index in [9.17, 15) is 0 Å². The van der Waals surface area contributed by atoms with E-state index in [0.29, 0.717) is 18.3 Å². The number of nitrogens with one attached hydrogen (secondary N) is 1. The zero-order chi connectivity index (χ0) is 14.7. The molecule has 0 saturated heterocycles. The van der Waals surface area contributed by atoms with Crippen LogP contribution in [0.5, 0.6) is 0 Å². The molecule has 5 heteroatoms. The molecule has 0 amide bonds. The van der Waals surface area contributed by atoms with Gasteiger partial charge in [-0.1, -0.05) is 41.9 Å². The third kappa shape index (κ3) is 3.83. The van der Waals surface area contributed by atoms with E-state index in [1.807, 2.05) is 24.3 Å². The second-order valence-electron chi connectivity index (χ2n) is 5.58. The van der Waals surface area contributed by atoms with Crippen molar-refractivity contribution in [2.75, 3.05) is 6.54 Å². The van der Waals surface area contributed by atoms with Crippen LogP contribution >= 0.6 is 11.6 Å². The molecule has 1 aromatic heterocycles. The topological polar surface area (TPSA) is 51.0 Å². The SMILES string of the molecule is CCNC(Cc1nc(Cc2ccccc2Cl)no1)C1CC1. The monoisotopic (exact) mass is 305 g/mol. The molecule has 1 unspecified atom stereocenters. The van der Waals surface area contributed by atoms with Crippen LogP contribution in [0.4, 0.5) is 0 Å². The van der Waals surface area contributed by atoms with Crippen molar-refractivity contribution in [1.82, 2.24) is 15.5 Å². The second kappa shape index (κ2) is 6.58. The van der Waals surface area contributed by atoms with Gasteiger partial charge in [0.2, 0.25) is 5.89 Å². The van der Waals surface area contributed by atoms with Gasteiger partial charge in [0.05, 0.1) is 0 Å². The van der Waals surface area contributed by atoms with Crippen molar-refractivity contribution in [3.05, 3.63) is 46.6 Å². The van der Waals surface area contributed by atoms with Crippen molar-refractivity contribution >= 4 is 11.6 Å². The average Bonchev–Trinajstić information content (AvgIpc) is 3.23. The Labute approximate surface area is 129 Å². The fraction of sp³-hybridized carbons (Fsp3) is 0.500. The maximum Gasteiger partial charge on any atom is 0.228 e. The molecule has 112 valence electrons. The van der Waals surface area contributed by atoms with Gasteiger partial charge in [-0.15, -0.1) is 0 Å². The van der Waals surface area contributed by atoms with E-state index in [1.165, 1.54) is 12.8 Å². The van der Waals surface area contributed by atoms with E-state index < -0.39 is 0 Å². The zero-order valence-electron chi connectivity index (χ0n) is 12.2. The molecule has 0 bridgehead atoms. The summed E-state index contributed by atoms with van der Waals surface area (Å²) >= 11 is 6.16. The van der Waals surface area contributed by atoms with Crippen molar-refractivity contribution in [1.29, 1.82) is 0 Å². The molecule has 1 aromatic carbocycles. The highest BCUT2D eigenvalue weighted by molar-refractivity contribution is 6.31. The molecule has 1 aliphatic carbocycles. The number of likely N-dealkylation sites (N-methyl/N-ethyl adjacent to an activating group) is 1. The number of nitrogens with zero attached hydrogens (tertiary/aromatic N) is 2. The average molecular weight is 306 g/mol. The summed E-state index contributed by atoms with van der Waals surface area (Å²) in [5.41, 5.74) is 1.02. The van der Waals surface area contributed by atoms with Gasteiger partial charge in [-0.05, 0) is 36.9 Å². The van der Waals surface area contributed by atoms with Crippen molar-refractivity contribution in [2.45, 2.75) is 38.6 Å². The molecule has 21 heavy (non-hydrogen) atoms. The lowest BCUT2D eigenvalue weighted by Gasteiger charge is -2.14. The first-order chi connectivity index (χ1) is 10.3. The van der Waals surface area contributed by atoms with Gasteiger partial charge in [0.1, 0.15) is 0 Å². The highest BCUT2D eigenvalue weighted by atomic mass is 35.5. The number of benzene rings is 1. The van der Waals surface area contributed by atoms with E-state index in [4.69, 9.17) is 16.1 Å². The summed E-state index contributed by atoms with van der Waals surface area (Å²) in [6.07, 6.45) is 4.03. The highest BCUT2D eigenvalue weighted by Crippen LogP contribution is 2.33. The van der Waals surface area contributed by atoms with E-state index in [-0.39, 0.29) is 0 Å². The molecule has 1 aliphatic rings. The maximum atomic E-state index is 6.16. The van der Waals surface area contributed by atoms with Crippen LogP contribution in [0.2, 0.25) is 5.02 Å². The Morgan fingerprint density at radius 3 is 2.90 bits per heavy atom. The van der Waals surface area contributed by atoms with Crippen molar-refractivity contribution < 1.29 is 4.52 Å². The van der Waals surface area contributed by atoms with Crippen LogP contribution in [0.15, 0.2) is 28.8 Å². The van der Waals surface area contributed by atoms with Crippen LogP contribution in [0.25, 0.3) is 0 Å². The Hall–Kier alpha value is -1.39. The predicted molar refractivity (Wildman–Crippen MR) is 82.4 cm³/mol. The lowest BCUT2D eigenvalue weighted by Crippen LogP contribution is -2.33. The summed E-state index contributed by atoms with van der Waals surface area (Å²) in [5, 5.41) is 8.33. The molecule has 0 radical (unpaired) electrons. The maximum absolute atomic E-state index is 6.16. The van der Waals surface area contributed by atoms with Gasteiger partial charge in [0.25, 0.3) is 0 Å². The zero-order valence-corrected chi connectivity index (χ0v) is 12.9. The smallest absolute Gasteiger partial charge is 0.228 e. The van der Waals surface area contributed by atoms with E-state index in [0.717, 1.165) is 35.4 Å². The number of hydrogen-bond acceptors (Lipinski definition) is 4. The largest absolute Gasteiger partial charge is 0.339 e. The molecule has 1 N–H and O–H groups in total. The van der Waals surface area contributed by atoms with E-state index >= 15 is 0 Å². The molecule has 1 atom stereocenters. The molecule has 0 spiro atoms. The van der Waals surface area contributed by atoms with Gasteiger partial charge in [-0.3, -0.25) is 0 Å². The second-order valence-corrected chi connectivity index (χ2v) is 5.99. The summed E-state index contributed by atoms with van der Waals surface area (Å²) in [6, 6.07) is 8.22. The summed E-state index contributed by atoms with van der Waals surface area (Å²) in [7, 11) is 0. The Morgan fingerprint density at radius 1 is 1.38 bits per heavy atom. The molecular weight excluding hydrogens is 286 g/mol. The van der Waals surface area contributed by atoms with Gasteiger partial charge in [-0.25, -0.2) is 0 Å². The first-order valence-electron chi connectivity index (χ1n) is 7.54. The first-order valence-corrected chi connectivity index (χ1v) is 7.92. The van der Waals surface area contributed by atoms with Crippen LogP contribution in [-0.2, 0) is 12.8 Å². The van der Waals surface area contributed by atoms with Crippen LogP contribution in [0, 0.1) is 5.92 Å². The highest BCUT2D eigenvalue weighted by Gasteiger charge is 2.31. The van der Waals surface area contributed by atoms with Crippen molar-refractivity contribution in [3.8, 4) is 0 Å². The minimum Gasteiger partial charge on any atom is -0.339 e. The Balaban J connectivity index is 1.64. The minimum absolute atomic E-state index is 0.462. The van der Waals surface area contributed by atoms with Crippen LogP contribution < -0.4 is 5.32 Å². The normalized spacial score (nSPS) is 16.1. The van der Waals surface area contributed by atoms with Crippen LogP contribution in [0.1, 0.15) is 37.0 Å². The van der Waals surface area contributed by atoms with E-state index in [1.54, 1.807) is 0 Å². The Kier molecular flexibility index (Phi) is 4.56. The summed E-state index contributed by atoms with van der Waals surface area (Å²) < 4.78 is 5.39. The fourth-order valence-electron chi connectivity index (χ4n) is 2.61. The molecule has 1 heterocycles. The molecule has 3 rings (SSSR count). The molecule has 0 aliphatic heterocycles. The molecule has 1 fully saturated rings. The summed E-state index contributed by atoms with van der Waals surface area (Å²) in [4.78, 5) is 4.50. The number of halogens is 1. The fourth-order valence-corrected chi connectivity index (χ4v) is 2.81. The van der Waals surface area contributed by atoms with Crippen molar-refractivity contribution in [3.63, 3.8) is 0 Å². The molecule has 1 saturated carbocycles.